The fourth-order valence-corrected chi connectivity index (χ4v) is 6.92. The number of hydrogen-bond donors (Lipinski definition) is 3. The van der Waals surface area contributed by atoms with Gasteiger partial charge in [0.25, 0.3) is 0 Å². The third-order valence-corrected chi connectivity index (χ3v) is 8.44. The topological polar surface area (TPSA) is 172 Å². The molecule has 1 aromatic rings. The standard InChI is InChI=1S/C24H28N2O8S/c1-9-5-11(8-35(4)34)18(27)15-12(9)6-10-7-13-17(26(2)3)20(29)16(23(25)32)22(31)24(13,33)21(30)14(10)19(15)28/h5,10,13-14,16-17,27,33H,6-8H2,1-4H3,(H2,25,32). The lowest BCUT2D eigenvalue weighted by atomic mass is 9.52. The van der Waals surface area contributed by atoms with E-state index in [1.165, 1.54) is 25.3 Å². The summed E-state index contributed by atoms with van der Waals surface area (Å²) in [5.41, 5.74) is 4.02. The lowest BCUT2D eigenvalue weighted by Gasteiger charge is -2.52. The number of carbonyl (C=O) groups is 5. The first kappa shape index (κ1) is 25.3. The number of primary amides is 1. The van der Waals surface area contributed by atoms with Crippen molar-refractivity contribution >= 4 is 39.8 Å². The van der Waals surface area contributed by atoms with Crippen LogP contribution < -0.4 is 5.73 Å². The number of phenols is 1. The zero-order valence-corrected chi connectivity index (χ0v) is 20.7. The number of nitrogens with two attached hydrogens (primary N) is 1. The second-order valence-corrected chi connectivity index (χ2v) is 11.5. The number of Topliss-reactive ketones (excluding diaryl/α,β-unsaturated/α-hetero) is 4. The fourth-order valence-electron chi connectivity index (χ4n) is 6.26. The number of aromatic hydroxyl groups is 1. The molecule has 35 heavy (non-hydrogen) atoms. The number of ketones is 4. The van der Waals surface area contributed by atoms with E-state index in [-0.39, 0.29) is 29.9 Å². The Morgan fingerprint density at radius 1 is 1.23 bits per heavy atom. The van der Waals surface area contributed by atoms with E-state index in [9.17, 15) is 38.4 Å². The first-order valence-electron chi connectivity index (χ1n) is 11.2. The van der Waals surface area contributed by atoms with Crippen molar-refractivity contribution in [1.29, 1.82) is 0 Å². The predicted molar refractivity (Wildman–Crippen MR) is 124 cm³/mol. The molecule has 0 saturated heterocycles. The van der Waals surface area contributed by atoms with E-state index in [0.29, 0.717) is 16.7 Å². The lowest BCUT2D eigenvalue weighted by molar-refractivity contribution is -0.181. The van der Waals surface area contributed by atoms with Gasteiger partial charge in [-0.05, 0) is 50.9 Å². The molecule has 0 radical (unpaired) electrons. The third-order valence-electron chi connectivity index (χ3n) is 7.72. The molecule has 3 aliphatic rings. The van der Waals surface area contributed by atoms with Gasteiger partial charge in [-0.3, -0.25) is 33.1 Å². The molecule has 0 aliphatic heterocycles. The molecule has 2 saturated carbocycles. The Labute approximate surface area is 204 Å². The van der Waals surface area contributed by atoms with Gasteiger partial charge in [-0.25, -0.2) is 0 Å². The summed E-state index contributed by atoms with van der Waals surface area (Å²) in [6.07, 6.45) is 1.67. The largest absolute Gasteiger partial charge is 0.507 e. The van der Waals surface area contributed by atoms with E-state index in [4.69, 9.17) is 5.73 Å². The van der Waals surface area contributed by atoms with Gasteiger partial charge in [0.1, 0.15) is 5.75 Å². The number of phenolic OH excluding ortho intramolecular Hbond substituents is 1. The van der Waals surface area contributed by atoms with Gasteiger partial charge in [0, 0.05) is 28.5 Å². The van der Waals surface area contributed by atoms with Gasteiger partial charge in [-0.15, -0.1) is 0 Å². The van der Waals surface area contributed by atoms with Crippen molar-refractivity contribution in [2.24, 2.45) is 29.4 Å². The minimum atomic E-state index is -2.75. The number of benzene rings is 1. The van der Waals surface area contributed by atoms with Crippen LogP contribution in [0.5, 0.6) is 5.75 Å². The summed E-state index contributed by atoms with van der Waals surface area (Å²) in [5.74, 6) is -10.7. The molecule has 0 aromatic heterocycles. The number of fused-ring (bicyclic) bond motifs is 3. The minimum Gasteiger partial charge on any atom is -0.507 e. The van der Waals surface area contributed by atoms with E-state index in [1.807, 2.05) is 0 Å². The number of aliphatic hydroxyl groups is 1. The van der Waals surface area contributed by atoms with Crippen molar-refractivity contribution in [3.05, 3.63) is 28.3 Å². The van der Waals surface area contributed by atoms with Gasteiger partial charge >= 0.3 is 0 Å². The van der Waals surface area contributed by atoms with Crippen molar-refractivity contribution in [2.75, 3.05) is 20.4 Å². The number of rotatable bonds is 4. The lowest BCUT2D eigenvalue weighted by Crippen LogP contribution is -2.74. The van der Waals surface area contributed by atoms with E-state index in [1.54, 1.807) is 13.0 Å². The molecule has 1 aromatic carbocycles. The molecule has 188 valence electrons. The van der Waals surface area contributed by atoms with Crippen LogP contribution in [0.3, 0.4) is 0 Å². The predicted octanol–water partition coefficient (Wildman–Crippen LogP) is -0.946. The first-order chi connectivity index (χ1) is 16.2. The summed E-state index contributed by atoms with van der Waals surface area (Å²) in [5, 5.41) is 22.4. The summed E-state index contributed by atoms with van der Waals surface area (Å²) >= 11 is 0. The van der Waals surface area contributed by atoms with Crippen LogP contribution in [0.1, 0.15) is 33.5 Å². The van der Waals surface area contributed by atoms with Gasteiger partial charge in [0.2, 0.25) is 5.91 Å². The SMILES string of the molecule is Cc1cc(CS(C)=O)c(O)c2c1CC1CC3C(N(C)C)C(=O)C(C(N)=O)C(=O)C3(O)C(=O)C1C2=O. The average molecular weight is 505 g/mol. The third kappa shape index (κ3) is 3.51. The molecule has 4 rings (SSSR count). The molecule has 0 spiro atoms. The van der Waals surface area contributed by atoms with Crippen LogP contribution in [-0.2, 0) is 42.2 Å². The molecule has 4 N–H and O–H groups in total. The summed E-state index contributed by atoms with van der Waals surface area (Å²) < 4.78 is 11.8. The van der Waals surface area contributed by atoms with Crippen LogP contribution in [0.25, 0.3) is 0 Å². The maximum absolute atomic E-state index is 13.7. The highest BCUT2D eigenvalue weighted by atomic mass is 32.2. The zero-order valence-electron chi connectivity index (χ0n) is 19.9. The Balaban J connectivity index is 1.87. The van der Waals surface area contributed by atoms with Gasteiger partial charge in [-0.2, -0.15) is 0 Å². The summed E-state index contributed by atoms with van der Waals surface area (Å²) in [4.78, 5) is 67.1. The Hall–Kier alpha value is -2.76. The molecule has 0 heterocycles. The van der Waals surface area contributed by atoms with Crippen LogP contribution >= 0.6 is 0 Å². The molecular weight excluding hydrogens is 476 g/mol. The Morgan fingerprint density at radius 2 is 1.86 bits per heavy atom. The number of amides is 1. The van der Waals surface area contributed by atoms with Gasteiger partial charge < -0.3 is 15.9 Å². The number of aryl methyl sites for hydroxylation is 1. The average Bonchev–Trinajstić information content (AvgIpc) is 2.73. The van der Waals surface area contributed by atoms with Crippen molar-refractivity contribution in [3.8, 4) is 5.75 Å². The molecule has 7 unspecified atom stereocenters. The van der Waals surface area contributed by atoms with E-state index in [2.05, 4.69) is 0 Å². The van der Waals surface area contributed by atoms with Gasteiger partial charge in [0.05, 0.1) is 23.3 Å². The maximum atomic E-state index is 13.7. The smallest absolute Gasteiger partial charge is 0.235 e. The molecule has 10 nitrogen and oxygen atoms in total. The Morgan fingerprint density at radius 3 is 2.40 bits per heavy atom. The van der Waals surface area contributed by atoms with Gasteiger partial charge in [0.15, 0.2) is 34.7 Å². The quantitative estimate of drug-likeness (QED) is 0.437. The van der Waals surface area contributed by atoms with Gasteiger partial charge in [-0.1, -0.05) is 6.07 Å². The summed E-state index contributed by atoms with van der Waals surface area (Å²) in [6, 6.07) is 0.533. The number of likely N-dealkylation sites (N-methyl/N-ethyl adjacent to an activating group) is 1. The highest BCUT2D eigenvalue weighted by Gasteiger charge is 2.69. The molecule has 2 fully saturated rings. The Bertz CT molecular complexity index is 1220. The van der Waals surface area contributed by atoms with Crippen LogP contribution in [0.2, 0.25) is 0 Å². The number of nitrogens with zero attached hydrogens (tertiary/aromatic N) is 1. The van der Waals surface area contributed by atoms with Crippen LogP contribution in [-0.4, -0.2) is 80.4 Å². The monoisotopic (exact) mass is 504 g/mol. The highest BCUT2D eigenvalue weighted by molar-refractivity contribution is 7.83. The number of carbonyl (C=O) groups excluding carboxylic acids is 5. The molecule has 3 aliphatic carbocycles. The normalized spacial score (nSPS) is 33.3. The Kier molecular flexibility index (Phi) is 6.10. The van der Waals surface area contributed by atoms with Crippen LogP contribution in [0, 0.1) is 30.6 Å². The molecule has 11 heteroatoms. The first-order valence-corrected chi connectivity index (χ1v) is 12.9. The van der Waals surface area contributed by atoms with Crippen molar-refractivity contribution in [1.82, 2.24) is 4.90 Å². The summed E-state index contributed by atoms with van der Waals surface area (Å²) in [6.45, 7) is 1.75. The fraction of sp³-hybridized carbons (Fsp3) is 0.542. The van der Waals surface area contributed by atoms with E-state index >= 15 is 0 Å². The van der Waals surface area contributed by atoms with E-state index in [0.717, 1.165) is 0 Å². The number of hydrogen-bond acceptors (Lipinski definition) is 9. The maximum Gasteiger partial charge on any atom is 0.235 e. The van der Waals surface area contributed by atoms with Crippen LogP contribution in [0.15, 0.2) is 6.07 Å². The van der Waals surface area contributed by atoms with Crippen molar-refractivity contribution < 1.29 is 38.4 Å². The molecular formula is C24H28N2O8S. The molecule has 1 amide bonds. The zero-order chi connectivity index (χ0) is 26.1. The highest BCUT2D eigenvalue weighted by Crippen LogP contribution is 2.51. The van der Waals surface area contributed by atoms with Crippen LogP contribution in [0.4, 0.5) is 0 Å². The molecule has 0 bridgehead atoms. The van der Waals surface area contributed by atoms with Crippen molar-refractivity contribution in [3.63, 3.8) is 0 Å². The minimum absolute atomic E-state index is 0.00479. The molecule has 7 atom stereocenters. The van der Waals surface area contributed by atoms with E-state index < -0.39 is 75.2 Å². The second-order valence-electron chi connectivity index (χ2n) is 10.1. The second kappa shape index (κ2) is 8.42. The summed E-state index contributed by atoms with van der Waals surface area (Å²) in [7, 11) is 1.77. The van der Waals surface area contributed by atoms with Crippen molar-refractivity contribution in [2.45, 2.75) is 37.2 Å².